The Bertz CT molecular complexity index is 346. The van der Waals surface area contributed by atoms with Crippen molar-refractivity contribution in [1.29, 1.82) is 0 Å². The van der Waals surface area contributed by atoms with Gasteiger partial charge in [0.25, 0.3) is 0 Å². The lowest BCUT2D eigenvalue weighted by Crippen LogP contribution is -2.30. The first-order valence-corrected chi connectivity index (χ1v) is 7.88. The second-order valence-corrected chi connectivity index (χ2v) is 5.86. The summed E-state index contributed by atoms with van der Waals surface area (Å²) in [6, 6.07) is 6.87. The summed E-state index contributed by atoms with van der Waals surface area (Å²) >= 11 is 11.2. The van der Waals surface area contributed by atoms with Gasteiger partial charge in [-0.1, -0.05) is 22.0 Å². The van der Waals surface area contributed by atoms with Crippen LogP contribution in [0.1, 0.15) is 12.5 Å². The van der Waals surface area contributed by atoms with Crippen LogP contribution in [0, 0.1) is 0 Å². The Morgan fingerprint density at radius 2 is 2.19 bits per heavy atom. The molecule has 0 aliphatic heterocycles. The number of nitrogens with zero attached hydrogens (tertiary/aromatic N) is 1. The van der Waals surface area contributed by atoms with E-state index in [9.17, 15) is 0 Å². The molecule has 0 amide bonds. The second-order valence-electron chi connectivity index (χ2n) is 3.82. The van der Waals surface area contributed by atoms with Crippen LogP contribution in [0.25, 0.3) is 0 Å². The minimum atomic E-state index is 0.531. The number of rotatable bonds is 5. The van der Waals surface area contributed by atoms with E-state index in [4.69, 9.17) is 11.6 Å². The first-order valence-electron chi connectivity index (χ1n) is 5.16. The number of alkyl halides is 1. The Kier molecular flexibility index (Phi) is 6.01. The van der Waals surface area contributed by atoms with E-state index in [0.29, 0.717) is 11.9 Å². The number of anilines is 1. The molecular weight excluding hydrogens is 306 g/mol. The van der Waals surface area contributed by atoms with Gasteiger partial charge in [0.1, 0.15) is 0 Å². The maximum absolute atomic E-state index is 5.83. The molecule has 90 valence electrons. The minimum absolute atomic E-state index is 0.531. The summed E-state index contributed by atoms with van der Waals surface area (Å²) in [5.74, 6) is 1.68. The van der Waals surface area contributed by atoms with E-state index >= 15 is 0 Å². The van der Waals surface area contributed by atoms with Crippen molar-refractivity contribution in [3.05, 3.63) is 28.2 Å². The minimum Gasteiger partial charge on any atom is -0.371 e. The summed E-state index contributed by atoms with van der Waals surface area (Å²) in [4.78, 5) is 2.29. The largest absolute Gasteiger partial charge is 0.371 e. The van der Waals surface area contributed by atoms with Crippen LogP contribution in [0.3, 0.4) is 0 Å². The molecule has 0 aliphatic rings. The van der Waals surface area contributed by atoms with Crippen molar-refractivity contribution in [3.8, 4) is 0 Å². The SMILES string of the molecule is CSCC(C)N(C)c1ccc(CCl)c(Br)c1. The summed E-state index contributed by atoms with van der Waals surface area (Å²) in [5.41, 5.74) is 2.36. The third kappa shape index (κ3) is 3.57. The lowest BCUT2D eigenvalue weighted by atomic mass is 10.2. The zero-order chi connectivity index (χ0) is 12.1. The fourth-order valence-electron chi connectivity index (χ4n) is 1.47. The van der Waals surface area contributed by atoms with Gasteiger partial charge in [0.2, 0.25) is 0 Å². The smallest absolute Gasteiger partial charge is 0.0485 e. The number of thioether (sulfide) groups is 1. The van der Waals surface area contributed by atoms with Crippen LogP contribution < -0.4 is 4.90 Å². The van der Waals surface area contributed by atoms with Crippen molar-refractivity contribution in [1.82, 2.24) is 0 Å². The van der Waals surface area contributed by atoms with Gasteiger partial charge in [0.05, 0.1) is 0 Å². The summed E-state index contributed by atoms with van der Waals surface area (Å²) in [5, 5.41) is 0. The summed E-state index contributed by atoms with van der Waals surface area (Å²) < 4.78 is 1.09. The summed E-state index contributed by atoms with van der Waals surface area (Å²) in [7, 11) is 2.13. The Hall–Kier alpha value is 0.140. The number of hydrogen-bond donors (Lipinski definition) is 0. The van der Waals surface area contributed by atoms with Crippen molar-refractivity contribution >= 4 is 45.0 Å². The molecule has 0 spiro atoms. The van der Waals surface area contributed by atoms with Gasteiger partial charge in [-0.05, 0) is 30.9 Å². The van der Waals surface area contributed by atoms with E-state index in [1.807, 2.05) is 11.8 Å². The molecule has 0 bridgehead atoms. The highest BCUT2D eigenvalue weighted by atomic mass is 79.9. The standard InChI is InChI=1S/C12H17BrClNS/c1-9(8-16-3)15(2)11-5-4-10(7-14)12(13)6-11/h4-6,9H,7-8H2,1-3H3. The van der Waals surface area contributed by atoms with Gasteiger partial charge in [0, 0.05) is 34.9 Å². The molecule has 1 aromatic carbocycles. The highest BCUT2D eigenvalue weighted by Crippen LogP contribution is 2.26. The zero-order valence-electron chi connectivity index (χ0n) is 9.84. The van der Waals surface area contributed by atoms with E-state index in [1.165, 1.54) is 5.69 Å². The fourth-order valence-corrected chi connectivity index (χ4v) is 3.08. The first-order chi connectivity index (χ1) is 7.60. The highest BCUT2D eigenvalue weighted by Gasteiger charge is 2.10. The molecule has 4 heteroatoms. The lowest BCUT2D eigenvalue weighted by Gasteiger charge is -2.27. The van der Waals surface area contributed by atoms with Crippen LogP contribution in [-0.4, -0.2) is 25.1 Å². The normalized spacial score (nSPS) is 12.6. The molecule has 1 nitrogen and oxygen atoms in total. The quantitative estimate of drug-likeness (QED) is 0.740. The van der Waals surface area contributed by atoms with Gasteiger partial charge in [-0.3, -0.25) is 0 Å². The van der Waals surface area contributed by atoms with E-state index in [2.05, 4.69) is 59.3 Å². The molecule has 0 saturated carbocycles. The molecule has 1 rings (SSSR count). The molecule has 16 heavy (non-hydrogen) atoms. The third-order valence-corrected chi connectivity index (χ3v) is 4.50. The molecule has 0 fully saturated rings. The van der Waals surface area contributed by atoms with E-state index in [0.717, 1.165) is 15.8 Å². The van der Waals surface area contributed by atoms with Crippen molar-refractivity contribution in [2.45, 2.75) is 18.8 Å². The van der Waals surface area contributed by atoms with Crippen molar-refractivity contribution in [3.63, 3.8) is 0 Å². The summed E-state index contributed by atoms with van der Waals surface area (Å²) in [6.07, 6.45) is 2.14. The Morgan fingerprint density at radius 3 is 2.69 bits per heavy atom. The predicted octanol–water partition coefficient (Wildman–Crippen LogP) is 4.38. The molecule has 0 radical (unpaired) electrons. The van der Waals surface area contributed by atoms with Crippen LogP contribution >= 0.6 is 39.3 Å². The van der Waals surface area contributed by atoms with Crippen LogP contribution in [0.5, 0.6) is 0 Å². The van der Waals surface area contributed by atoms with Gasteiger partial charge in [0.15, 0.2) is 0 Å². The average molecular weight is 323 g/mol. The van der Waals surface area contributed by atoms with Crippen LogP contribution in [0.4, 0.5) is 5.69 Å². The number of halogens is 2. The van der Waals surface area contributed by atoms with E-state index < -0.39 is 0 Å². The molecular formula is C12H17BrClNS. The van der Waals surface area contributed by atoms with Gasteiger partial charge >= 0.3 is 0 Å². The molecule has 1 unspecified atom stereocenters. The molecule has 1 atom stereocenters. The number of hydrogen-bond acceptors (Lipinski definition) is 2. The average Bonchev–Trinajstić information content (AvgIpc) is 2.28. The van der Waals surface area contributed by atoms with E-state index in [-0.39, 0.29) is 0 Å². The Morgan fingerprint density at radius 1 is 1.50 bits per heavy atom. The molecule has 0 heterocycles. The molecule has 0 aliphatic carbocycles. The fraction of sp³-hybridized carbons (Fsp3) is 0.500. The number of benzene rings is 1. The first kappa shape index (κ1) is 14.2. The van der Waals surface area contributed by atoms with Crippen LogP contribution in [0.15, 0.2) is 22.7 Å². The van der Waals surface area contributed by atoms with E-state index in [1.54, 1.807) is 0 Å². The molecule has 0 aromatic heterocycles. The second kappa shape index (κ2) is 6.77. The highest BCUT2D eigenvalue weighted by molar-refractivity contribution is 9.10. The Labute approximate surface area is 116 Å². The van der Waals surface area contributed by atoms with Gasteiger partial charge in [-0.25, -0.2) is 0 Å². The van der Waals surface area contributed by atoms with Gasteiger partial charge < -0.3 is 4.90 Å². The zero-order valence-corrected chi connectivity index (χ0v) is 13.0. The van der Waals surface area contributed by atoms with Crippen molar-refractivity contribution in [2.24, 2.45) is 0 Å². The summed E-state index contributed by atoms with van der Waals surface area (Å²) in [6.45, 7) is 2.24. The van der Waals surface area contributed by atoms with Crippen molar-refractivity contribution < 1.29 is 0 Å². The maximum Gasteiger partial charge on any atom is 0.0485 e. The third-order valence-electron chi connectivity index (χ3n) is 2.66. The topological polar surface area (TPSA) is 3.24 Å². The molecule has 1 aromatic rings. The lowest BCUT2D eigenvalue weighted by molar-refractivity contribution is 0.765. The monoisotopic (exact) mass is 321 g/mol. The Balaban J connectivity index is 2.84. The predicted molar refractivity (Wildman–Crippen MR) is 79.9 cm³/mol. The van der Waals surface area contributed by atoms with Gasteiger partial charge in [-0.2, -0.15) is 11.8 Å². The molecule has 0 saturated heterocycles. The van der Waals surface area contributed by atoms with Gasteiger partial charge in [-0.15, -0.1) is 11.6 Å². The van der Waals surface area contributed by atoms with Crippen LogP contribution in [0.2, 0.25) is 0 Å². The maximum atomic E-state index is 5.83. The molecule has 0 N–H and O–H groups in total. The van der Waals surface area contributed by atoms with Crippen molar-refractivity contribution in [2.75, 3.05) is 24.0 Å². The van der Waals surface area contributed by atoms with Crippen LogP contribution in [-0.2, 0) is 5.88 Å².